The fraction of sp³-hybridized carbons (Fsp3) is 0.125. The number of hydrogen-bond acceptors (Lipinski definition) is 1. The minimum Gasteiger partial charge on any atom is -0.121 e. The summed E-state index contributed by atoms with van der Waals surface area (Å²) in [6, 6.07) is 17.4. The van der Waals surface area contributed by atoms with E-state index in [4.69, 9.17) is 0 Å². The van der Waals surface area contributed by atoms with Crippen molar-refractivity contribution in [1.29, 1.82) is 0 Å². The van der Waals surface area contributed by atoms with Crippen molar-refractivity contribution in [3.05, 3.63) is 71.3 Å². The Bertz CT molecular complexity index is 552. The predicted octanol–water partition coefficient (Wildman–Crippen LogP) is 5.12. The van der Waals surface area contributed by atoms with Gasteiger partial charge in [-0.15, -0.1) is 11.8 Å². The van der Waals surface area contributed by atoms with E-state index in [2.05, 4.69) is 70.5 Å². The maximum absolute atomic E-state index is 3.53. The number of benzene rings is 2. The Hall–Kier alpha value is -0.990. The maximum Gasteiger partial charge on any atom is 0.0238 e. The average Bonchev–Trinajstić information content (AvgIpc) is 2.58. The molecule has 0 aromatic heterocycles. The molecule has 0 fully saturated rings. The van der Waals surface area contributed by atoms with Crippen molar-refractivity contribution < 1.29 is 0 Å². The number of alkyl halides is 1. The standard InChI is InChI=1S/C16H13BrS/c17-10-9-14-13-6-2-1-5-12(13)11-18-16-8-4-3-7-15(14)16/h1-9H,10-11H2/b14-9-. The topological polar surface area (TPSA) is 0 Å². The van der Waals surface area contributed by atoms with E-state index in [9.17, 15) is 0 Å². The van der Waals surface area contributed by atoms with Crippen LogP contribution in [0.3, 0.4) is 0 Å². The molecule has 0 bridgehead atoms. The summed E-state index contributed by atoms with van der Waals surface area (Å²) in [7, 11) is 0. The second-order valence-electron chi connectivity index (χ2n) is 4.21. The lowest BCUT2D eigenvalue weighted by molar-refractivity contribution is 1.38. The van der Waals surface area contributed by atoms with Gasteiger partial charge in [0, 0.05) is 16.0 Å². The van der Waals surface area contributed by atoms with Crippen LogP contribution in [0.15, 0.2) is 59.5 Å². The molecule has 0 aliphatic carbocycles. The highest BCUT2D eigenvalue weighted by Crippen LogP contribution is 2.39. The Morgan fingerprint density at radius 1 is 1.00 bits per heavy atom. The van der Waals surface area contributed by atoms with Crippen molar-refractivity contribution in [2.75, 3.05) is 5.33 Å². The van der Waals surface area contributed by atoms with Gasteiger partial charge in [0.1, 0.15) is 0 Å². The van der Waals surface area contributed by atoms with Crippen molar-refractivity contribution in [1.82, 2.24) is 0 Å². The Labute approximate surface area is 120 Å². The van der Waals surface area contributed by atoms with Crippen LogP contribution in [0.5, 0.6) is 0 Å². The second kappa shape index (κ2) is 5.33. The molecule has 0 nitrogen and oxygen atoms in total. The highest BCUT2D eigenvalue weighted by Gasteiger charge is 2.17. The van der Waals surface area contributed by atoms with Gasteiger partial charge in [0.2, 0.25) is 0 Å². The Balaban J connectivity index is 2.25. The van der Waals surface area contributed by atoms with E-state index in [-0.39, 0.29) is 0 Å². The monoisotopic (exact) mass is 316 g/mol. The molecule has 0 radical (unpaired) electrons. The van der Waals surface area contributed by atoms with Crippen molar-refractivity contribution in [3.63, 3.8) is 0 Å². The van der Waals surface area contributed by atoms with E-state index >= 15 is 0 Å². The van der Waals surface area contributed by atoms with E-state index in [1.165, 1.54) is 27.2 Å². The third kappa shape index (κ3) is 2.15. The van der Waals surface area contributed by atoms with Crippen LogP contribution in [0, 0.1) is 0 Å². The molecule has 1 aliphatic heterocycles. The third-order valence-electron chi connectivity index (χ3n) is 3.15. The number of allylic oxidation sites excluding steroid dienone is 1. The molecule has 0 amide bonds. The first-order valence-electron chi connectivity index (χ1n) is 5.97. The minimum atomic E-state index is 0.885. The van der Waals surface area contributed by atoms with Gasteiger partial charge in [-0.3, -0.25) is 0 Å². The molecule has 1 heterocycles. The van der Waals surface area contributed by atoms with Crippen LogP contribution in [-0.4, -0.2) is 5.33 Å². The summed E-state index contributed by atoms with van der Waals surface area (Å²) in [6.45, 7) is 0. The van der Waals surface area contributed by atoms with Crippen LogP contribution in [0.4, 0.5) is 0 Å². The molecule has 0 atom stereocenters. The molecule has 0 spiro atoms. The second-order valence-corrected chi connectivity index (χ2v) is 5.88. The van der Waals surface area contributed by atoms with E-state index in [0.717, 1.165) is 11.1 Å². The van der Waals surface area contributed by atoms with Crippen molar-refractivity contribution >= 4 is 33.3 Å². The molecule has 0 N–H and O–H groups in total. The molecular formula is C16H13BrS. The summed E-state index contributed by atoms with van der Waals surface area (Å²) < 4.78 is 0. The van der Waals surface area contributed by atoms with E-state index in [0.29, 0.717) is 0 Å². The van der Waals surface area contributed by atoms with Crippen molar-refractivity contribution in [2.45, 2.75) is 10.6 Å². The number of halogens is 1. The van der Waals surface area contributed by atoms with Crippen molar-refractivity contribution in [3.8, 4) is 0 Å². The summed E-state index contributed by atoms with van der Waals surface area (Å²) in [5.41, 5.74) is 5.50. The van der Waals surface area contributed by atoms with Crippen LogP contribution in [0.25, 0.3) is 5.57 Å². The SMILES string of the molecule is BrC/C=C1/c2ccccc2CSc2ccccc21. The predicted molar refractivity (Wildman–Crippen MR) is 83.3 cm³/mol. The normalized spacial score (nSPS) is 15.9. The highest BCUT2D eigenvalue weighted by atomic mass is 79.9. The molecular weight excluding hydrogens is 304 g/mol. The first kappa shape index (κ1) is 12.1. The van der Waals surface area contributed by atoms with Gasteiger partial charge in [-0.25, -0.2) is 0 Å². The average molecular weight is 317 g/mol. The zero-order chi connectivity index (χ0) is 12.4. The third-order valence-corrected chi connectivity index (χ3v) is 4.60. The molecule has 2 aromatic carbocycles. The van der Waals surface area contributed by atoms with Crippen LogP contribution in [0.1, 0.15) is 16.7 Å². The fourth-order valence-corrected chi connectivity index (χ4v) is 3.72. The number of thioether (sulfide) groups is 1. The molecule has 0 unspecified atom stereocenters. The van der Waals surface area contributed by atoms with E-state index < -0.39 is 0 Å². The highest BCUT2D eigenvalue weighted by molar-refractivity contribution is 9.09. The van der Waals surface area contributed by atoms with Crippen LogP contribution in [0.2, 0.25) is 0 Å². The fourth-order valence-electron chi connectivity index (χ4n) is 2.32. The van der Waals surface area contributed by atoms with Gasteiger partial charge in [0.15, 0.2) is 0 Å². The lowest BCUT2D eigenvalue weighted by Gasteiger charge is -2.10. The van der Waals surface area contributed by atoms with Gasteiger partial charge in [-0.2, -0.15) is 0 Å². The Kier molecular flexibility index (Phi) is 3.57. The zero-order valence-electron chi connectivity index (χ0n) is 9.90. The van der Waals surface area contributed by atoms with Gasteiger partial charge >= 0.3 is 0 Å². The van der Waals surface area contributed by atoms with Gasteiger partial charge in [-0.1, -0.05) is 64.5 Å². The zero-order valence-corrected chi connectivity index (χ0v) is 12.3. The molecule has 0 saturated heterocycles. The quantitative estimate of drug-likeness (QED) is 0.658. The largest absolute Gasteiger partial charge is 0.121 e. The first-order valence-corrected chi connectivity index (χ1v) is 8.07. The number of hydrogen-bond donors (Lipinski definition) is 0. The van der Waals surface area contributed by atoms with E-state index in [1.807, 2.05) is 11.8 Å². The van der Waals surface area contributed by atoms with Crippen LogP contribution >= 0.6 is 27.7 Å². The van der Waals surface area contributed by atoms with Crippen LogP contribution < -0.4 is 0 Å². The first-order chi connectivity index (χ1) is 8.90. The summed E-state index contributed by atoms with van der Waals surface area (Å²) in [4.78, 5) is 1.38. The van der Waals surface area contributed by atoms with Crippen molar-refractivity contribution in [2.24, 2.45) is 0 Å². The van der Waals surface area contributed by atoms with E-state index in [1.54, 1.807) is 0 Å². The molecule has 1 aliphatic rings. The molecule has 90 valence electrons. The molecule has 0 saturated carbocycles. The summed E-state index contributed by atoms with van der Waals surface area (Å²) in [5, 5.41) is 0.885. The smallest absolute Gasteiger partial charge is 0.0238 e. The molecule has 2 aromatic rings. The van der Waals surface area contributed by atoms with Gasteiger partial charge in [-0.05, 0) is 28.3 Å². The van der Waals surface area contributed by atoms with Gasteiger partial charge in [0.05, 0.1) is 0 Å². The lowest BCUT2D eigenvalue weighted by Crippen LogP contribution is -1.91. The number of fused-ring (bicyclic) bond motifs is 2. The summed E-state index contributed by atoms with van der Waals surface area (Å²) >= 11 is 5.46. The van der Waals surface area contributed by atoms with Gasteiger partial charge < -0.3 is 0 Å². The molecule has 3 rings (SSSR count). The Morgan fingerprint density at radius 2 is 1.72 bits per heavy atom. The maximum atomic E-state index is 3.53. The minimum absolute atomic E-state index is 0.885. The summed E-state index contributed by atoms with van der Waals surface area (Å²) in [6.07, 6.45) is 2.27. The number of rotatable bonds is 1. The van der Waals surface area contributed by atoms with Crippen LogP contribution in [-0.2, 0) is 5.75 Å². The molecule has 2 heteroatoms. The van der Waals surface area contributed by atoms with Gasteiger partial charge in [0.25, 0.3) is 0 Å². The Morgan fingerprint density at radius 3 is 2.56 bits per heavy atom. The summed E-state index contributed by atoms with van der Waals surface area (Å²) in [5.74, 6) is 1.05. The lowest BCUT2D eigenvalue weighted by atomic mass is 9.94. The molecule has 18 heavy (non-hydrogen) atoms.